The summed E-state index contributed by atoms with van der Waals surface area (Å²) < 4.78 is 46.8. The van der Waals surface area contributed by atoms with E-state index in [0.29, 0.717) is 18.5 Å². The van der Waals surface area contributed by atoms with E-state index in [1.54, 1.807) is 17.0 Å². The molecule has 0 radical (unpaired) electrons. The zero-order chi connectivity index (χ0) is 24.3. The molecule has 34 heavy (non-hydrogen) atoms. The van der Waals surface area contributed by atoms with Gasteiger partial charge in [-0.05, 0) is 43.7 Å². The van der Waals surface area contributed by atoms with E-state index in [-0.39, 0.29) is 49.2 Å². The number of cyclic esters (lactones) is 1. The molecule has 2 fully saturated rings. The van der Waals surface area contributed by atoms with E-state index in [4.69, 9.17) is 9.57 Å². The third-order valence-corrected chi connectivity index (χ3v) is 7.29. The minimum absolute atomic E-state index is 0.00526. The lowest BCUT2D eigenvalue weighted by Gasteiger charge is -2.23. The van der Waals surface area contributed by atoms with Gasteiger partial charge >= 0.3 is 6.09 Å². The van der Waals surface area contributed by atoms with Crippen LogP contribution in [0.4, 0.5) is 20.6 Å². The zero-order valence-electron chi connectivity index (χ0n) is 18.6. The first-order valence-corrected chi connectivity index (χ1v) is 12.3. The number of hydrogen-bond donors (Lipinski definition) is 0. The summed E-state index contributed by atoms with van der Waals surface area (Å²) in [7, 11) is -3.89. The van der Waals surface area contributed by atoms with Gasteiger partial charge in [-0.2, -0.15) is 0 Å². The topological polar surface area (TPSA) is 109 Å². The maximum absolute atomic E-state index is 15.0. The molecule has 2 aliphatic rings. The summed E-state index contributed by atoms with van der Waals surface area (Å²) in [4.78, 5) is 35.7. The van der Waals surface area contributed by atoms with Crippen molar-refractivity contribution in [2.24, 2.45) is 0 Å². The number of carbonyl (C=O) groups excluding carboxylic acids is 2. The van der Waals surface area contributed by atoms with E-state index < -0.39 is 28.0 Å². The van der Waals surface area contributed by atoms with Crippen LogP contribution in [-0.2, 0) is 24.4 Å². The predicted molar refractivity (Wildman–Crippen MR) is 120 cm³/mol. The highest BCUT2D eigenvalue weighted by Crippen LogP contribution is 2.29. The van der Waals surface area contributed by atoms with Gasteiger partial charge in [0.1, 0.15) is 22.6 Å². The number of amides is 1. The van der Waals surface area contributed by atoms with Gasteiger partial charge in [0.15, 0.2) is 0 Å². The van der Waals surface area contributed by atoms with Crippen molar-refractivity contribution in [3.8, 4) is 0 Å². The molecule has 182 valence electrons. The Balaban J connectivity index is 1.43. The van der Waals surface area contributed by atoms with Gasteiger partial charge in [0.25, 0.3) is 10.0 Å². The van der Waals surface area contributed by atoms with Crippen LogP contribution in [0.2, 0.25) is 0 Å². The summed E-state index contributed by atoms with van der Waals surface area (Å²) >= 11 is 0. The number of carbonyl (C=O) groups is 2. The van der Waals surface area contributed by atoms with Gasteiger partial charge in [-0.15, -0.1) is 0 Å². The quantitative estimate of drug-likeness (QED) is 0.580. The van der Waals surface area contributed by atoms with Crippen molar-refractivity contribution < 1.29 is 32.0 Å². The number of ether oxygens (including phenoxy) is 1. The summed E-state index contributed by atoms with van der Waals surface area (Å²) in [5, 5.41) is 0. The Hall–Kier alpha value is -3.09. The number of rotatable bonds is 7. The van der Waals surface area contributed by atoms with E-state index in [0.717, 1.165) is 4.47 Å². The molecule has 0 bridgehead atoms. The van der Waals surface area contributed by atoms with Crippen LogP contribution in [0.15, 0.2) is 47.6 Å². The zero-order valence-corrected chi connectivity index (χ0v) is 19.4. The number of aromatic nitrogens is 1. The van der Waals surface area contributed by atoms with Gasteiger partial charge in [-0.1, -0.05) is 4.47 Å². The molecule has 0 aliphatic carbocycles. The molecule has 2 aliphatic heterocycles. The number of hydroxylamine groups is 1. The Labute approximate surface area is 196 Å². The van der Waals surface area contributed by atoms with Crippen LogP contribution >= 0.6 is 0 Å². The first-order chi connectivity index (χ1) is 16.3. The second-order valence-corrected chi connectivity index (χ2v) is 9.86. The van der Waals surface area contributed by atoms with Gasteiger partial charge < -0.3 is 14.4 Å². The lowest BCUT2D eigenvalue weighted by Crippen LogP contribution is -2.34. The molecule has 0 saturated carbocycles. The molecule has 1 aromatic heterocycles. The minimum atomic E-state index is -3.89. The fourth-order valence-electron chi connectivity index (χ4n) is 3.85. The molecule has 12 heteroatoms. The van der Waals surface area contributed by atoms with Crippen molar-refractivity contribution in [3.63, 3.8) is 0 Å². The fraction of sp³-hybridized carbons (Fsp3) is 0.409. The molecule has 1 atom stereocenters. The van der Waals surface area contributed by atoms with Crippen molar-refractivity contribution in [3.05, 3.63) is 48.5 Å². The van der Waals surface area contributed by atoms with Crippen molar-refractivity contribution in [1.82, 2.24) is 9.45 Å². The highest BCUT2D eigenvalue weighted by molar-refractivity contribution is 7.89. The Morgan fingerprint density at radius 1 is 1.24 bits per heavy atom. The normalized spacial score (nSPS) is 19.7. The number of anilines is 2. The van der Waals surface area contributed by atoms with Gasteiger partial charge in [0.05, 0.1) is 31.1 Å². The van der Waals surface area contributed by atoms with Crippen molar-refractivity contribution in [1.29, 1.82) is 0 Å². The van der Waals surface area contributed by atoms with Gasteiger partial charge in [-0.3, -0.25) is 14.7 Å². The Kier molecular flexibility index (Phi) is 7.10. The molecule has 2 saturated heterocycles. The van der Waals surface area contributed by atoms with Gasteiger partial charge in [-0.25, -0.2) is 17.6 Å². The molecule has 2 aromatic rings. The lowest BCUT2D eigenvalue weighted by molar-refractivity contribution is -0.117. The van der Waals surface area contributed by atoms with E-state index in [9.17, 15) is 18.0 Å². The summed E-state index contributed by atoms with van der Waals surface area (Å²) in [6, 6.07) is 7.37. The number of hydrogen-bond acceptors (Lipinski definition) is 8. The summed E-state index contributed by atoms with van der Waals surface area (Å²) in [5.41, 5.74) is 0.622. The van der Waals surface area contributed by atoms with Crippen molar-refractivity contribution in [2.45, 2.75) is 30.8 Å². The van der Waals surface area contributed by atoms with Gasteiger partial charge in [0, 0.05) is 31.9 Å². The molecular weight excluding hydrogens is 467 g/mol. The van der Waals surface area contributed by atoms with Crippen LogP contribution in [0.1, 0.15) is 19.8 Å². The fourth-order valence-corrected chi connectivity index (χ4v) is 5.06. The van der Waals surface area contributed by atoms with Crippen LogP contribution in [0.5, 0.6) is 0 Å². The molecule has 10 nitrogen and oxygen atoms in total. The largest absolute Gasteiger partial charge is 0.444 e. The van der Waals surface area contributed by atoms with E-state index in [1.807, 2.05) is 0 Å². The van der Waals surface area contributed by atoms with Gasteiger partial charge in [0.2, 0.25) is 0 Å². The lowest BCUT2D eigenvalue weighted by atomic mass is 10.1. The van der Waals surface area contributed by atoms with E-state index >= 15 is 4.39 Å². The third-order valence-electron chi connectivity index (χ3n) is 5.63. The smallest absolute Gasteiger partial charge is 0.414 e. The second kappa shape index (κ2) is 10.0. The molecule has 0 N–H and O–H groups in total. The maximum Gasteiger partial charge on any atom is 0.414 e. The highest BCUT2D eigenvalue weighted by Gasteiger charge is 2.33. The highest BCUT2D eigenvalue weighted by atomic mass is 32.2. The molecule has 3 heterocycles. The average Bonchev–Trinajstić information content (AvgIpc) is 3.02. The Bertz CT molecular complexity index is 1160. The monoisotopic (exact) mass is 492 g/mol. The van der Waals surface area contributed by atoms with Crippen LogP contribution in [0.25, 0.3) is 0 Å². The summed E-state index contributed by atoms with van der Waals surface area (Å²) in [6.07, 6.45) is 2.45. The van der Waals surface area contributed by atoms with Crippen LogP contribution in [0, 0.1) is 5.82 Å². The maximum atomic E-state index is 15.0. The first kappa shape index (κ1) is 24.0. The number of Topliss-reactive ketones (excluding diaryl/α,β-unsaturated/α-hetero) is 1. The Morgan fingerprint density at radius 2 is 2.06 bits per heavy atom. The summed E-state index contributed by atoms with van der Waals surface area (Å²) in [6.45, 7) is 2.22. The number of nitrogens with zero attached hydrogens (tertiary/aromatic N) is 4. The number of halogens is 1. The number of ketones is 1. The number of pyridine rings is 1. The average molecular weight is 493 g/mol. The van der Waals surface area contributed by atoms with Crippen molar-refractivity contribution >= 4 is 33.3 Å². The minimum Gasteiger partial charge on any atom is -0.444 e. The Morgan fingerprint density at radius 3 is 2.76 bits per heavy atom. The molecular formula is C22H25FN4O6S. The van der Waals surface area contributed by atoms with Crippen molar-refractivity contribution in [2.75, 3.05) is 42.6 Å². The molecule has 0 unspecified atom stereocenters. The van der Waals surface area contributed by atoms with E-state index in [2.05, 4.69) is 4.98 Å². The molecule has 4 rings (SSSR count). The van der Waals surface area contributed by atoms with E-state index in [1.165, 1.54) is 42.4 Å². The second-order valence-electron chi connectivity index (χ2n) is 8.03. The third kappa shape index (κ3) is 5.18. The molecule has 1 amide bonds. The first-order valence-electron chi connectivity index (χ1n) is 10.8. The predicted octanol–water partition coefficient (Wildman–Crippen LogP) is 2.36. The van der Waals surface area contributed by atoms with Crippen LogP contribution < -0.4 is 9.80 Å². The molecule has 1 aromatic carbocycles. The number of benzene rings is 1. The summed E-state index contributed by atoms with van der Waals surface area (Å²) in [5.74, 6) is -0.542. The molecule has 0 spiro atoms. The standard InChI is InChI=1S/C22H25FN4O6S/c1-16(28)4-6-18-15-26(22(29)33-18)17-5-7-21(20(23)13-17)25-9-10-27(32-12-11-25)34(30,31)19-3-2-8-24-14-19/h2-3,5,7-8,13-14,18H,4,6,9-12,15H2,1H3/t18-/m0/s1. The SMILES string of the molecule is CC(=O)CC[C@H]1CN(c2ccc(N3CCON(S(=O)(=O)c4cccnc4)CC3)c(F)c2)C(=O)O1. The van der Waals surface area contributed by atoms with Crippen LogP contribution in [0.3, 0.4) is 0 Å². The van der Waals surface area contributed by atoms with Crippen LogP contribution in [-0.4, -0.2) is 68.6 Å². The number of sulfonamides is 1.